The zero-order valence-corrected chi connectivity index (χ0v) is 12.3. The number of likely N-dealkylation sites (N-methyl/N-ethyl adjacent to an activating group) is 1. The fourth-order valence-corrected chi connectivity index (χ4v) is 2.70. The topological polar surface area (TPSA) is 89.0 Å². The Kier molecular flexibility index (Phi) is 3.70. The summed E-state index contributed by atoms with van der Waals surface area (Å²) in [7, 11) is 4.15. The molecule has 1 aliphatic heterocycles. The number of nitrogen functional groups attached to an aromatic ring is 1. The fraction of sp³-hybridized carbons (Fsp3) is 0.538. The van der Waals surface area contributed by atoms with Crippen molar-refractivity contribution in [3.63, 3.8) is 0 Å². The van der Waals surface area contributed by atoms with E-state index < -0.39 is 0 Å². The molecule has 0 bridgehead atoms. The van der Waals surface area contributed by atoms with Gasteiger partial charge in [0.15, 0.2) is 0 Å². The van der Waals surface area contributed by atoms with Crippen LogP contribution in [0.1, 0.15) is 12.8 Å². The first-order chi connectivity index (χ1) is 10.1. The van der Waals surface area contributed by atoms with Gasteiger partial charge < -0.3 is 15.5 Å². The fourth-order valence-electron chi connectivity index (χ4n) is 2.70. The average molecular weight is 288 g/mol. The van der Waals surface area contributed by atoms with Crippen LogP contribution in [0.4, 0.5) is 11.9 Å². The molecule has 2 aromatic rings. The van der Waals surface area contributed by atoms with Crippen LogP contribution < -0.4 is 10.6 Å². The lowest BCUT2D eigenvalue weighted by Gasteiger charge is -2.27. The van der Waals surface area contributed by atoms with E-state index in [0.717, 1.165) is 25.9 Å². The molecule has 1 unspecified atom stereocenters. The third-order valence-electron chi connectivity index (χ3n) is 3.55. The predicted molar refractivity (Wildman–Crippen MR) is 80.3 cm³/mol. The van der Waals surface area contributed by atoms with Crippen LogP contribution in [0.5, 0.6) is 0 Å². The smallest absolute Gasteiger partial charge is 0.257 e. The Balaban J connectivity index is 1.91. The second-order valence-corrected chi connectivity index (χ2v) is 5.50. The Hall–Kier alpha value is -2.22. The largest absolute Gasteiger partial charge is 0.368 e. The van der Waals surface area contributed by atoms with Gasteiger partial charge in [-0.3, -0.25) is 0 Å². The van der Waals surface area contributed by atoms with E-state index in [-0.39, 0.29) is 5.95 Å². The molecule has 1 saturated heterocycles. The third kappa shape index (κ3) is 2.94. The van der Waals surface area contributed by atoms with Crippen LogP contribution >= 0.6 is 0 Å². The van der Waals surface area contributed by atoms with Crippen LogP contribution in [-0.4, -0.2) is 62.9 Å². The number of anilines is 2. The molecular weight excluding hydrogens is 268 g/mol. The Morgan fingerprint density at radius 3 is 2.81 bits per heavy atom. The maximum atomic E-state index is 5.84. The summed E-state index contributed by atoms with van der Waals surface area (Å²) in [5.74, 6) is 1.32. The van der Waals surface area contributed by atoms with E-state index in [1.54, 1.807) is 17.1 Å². The maximum absolute atomic E-state index is 5.84. The van der Waals surface area contributed by atoms with Crippen LogP contribution in [0.3, 0.4) is 0 Å². The molecule has 0 aromatic carbocycles. The highest BCUT2D eigenvalue weighted by atomic mass is 15.4. The first-order valence-corrected chi connectivity index (χ1v) is 7.06. The third-order valence-corrected chi connectivity index (χ3v) is 3.55. The summed E-state index contributed by atoms with van der Waals surface area (Å²) in [5, 5.41) is 4.14. The molecule has 3 heterocycles. The van der Waals surface area contributed by atoms with Gasteiger partial charge in [0, 0.05) is 31.5 Å². The summed E-state index contributed by atoms with van der Waals surface area (Å²) in [6.45, 7) is 1.92. The lowest BCUT2D eigenvalue weighted by atomic mass is 10.2. The van der Waals surface area contributed by atoms with Gasteiger partial charge in [0.25, 0.3) is 5.95 Å². The van der Waals surface area contributed by atoms with Gasteiger partial charge in [-0.15, -0.1) is 0 Å². The van der Waals surface area contributed by atoms with E-state index in [9.17, 15) is 0 Å². The molecule has 112 valence electrons. The monoisotopic (exact) mass is 288 g/mol. The summed E-state index contributed by atoms with van der Waals surface area (Å²) in [5.41, 5.74) is 5.84. The highest BCUT2D eigenvalue weighted by Gasteiger charge is 2.27. The van der Waals surface area contributed by atoms with E-state index in [1.165, 1.54) is 0 Å². The van der Waals surface area contributed by atoms with Crippen LogP contribution in [-0.2, 0) is 0 Å². The van der Waals surface area contributed by atoms with Crippen LogP contribution in [0.15, 0.2) is 18.5 Å². The number of hydrogen-bond acceptors (Lipinski definition) is 7. The van der Waals surface area contributed by atoms with Crippen molar-refractivity contribution in [3.8, 4) is 5.95 Å². The van der Waals surface area contributed by atoms with Gasteiger partial charge in [0.05, 0.1) is 0 Å². The Morgan fingerprint density at radius 2 is 2.10 bits per heavy atom. The second-order valence-electron chi connectivity index (χ2n) is 5.50. The molecule has 2 aromatic heterocycles. The zero-order chi connectivity index (χ0) is 14.8. The highest BCUT2D eigenvalue weighted by molar-refractivity contribution is 5.40. The van der Waals surface area contributed by atoms with Crippen LogP contribution in [0.25, 0.3) is 5.95 Å². The van der Waals surface area contributed by atoms with Crippen molar-refractivity contribution >= 4 is 11.9 Å². The summed E-state index contributed by atoms with van der Waals surface area (Å²) < 4.78 is 1.60. The minimum absolute atomic E-state index is 0.223. The van der Waals surface area contributed by atoms with Gasteiger partial charge in [-0.1, -0.05) is 0 Å². The number of hydrogen-bond donors (Lipinski definition) is 1. The molecule has 1 aliphatic rings. The molecular formula is C13H20N8. The van der Waals surface area contributed by atoms with Crippen molar-refractivity contribution in [2.75, 3.05) is 37.8 Å². The number of rotatable bonds is 4. The van der Waals surface area contributed by atoms with Gasteiger partial charge in [-0.05, 0) is 33.0 Å². The molecule has 0 spiro atoms. The summed E-state index contributed by atoms with van der Waals surface area (Å²) in [6, 6.07) is 2.23. The summed E-state index contributed by atoms with van der Waals surface area (Å²) in [4.78, 5) is 17.4. The number of nitrogens with zero attached hydrogens (tertiary/aromatic N) is 7. The zero-order valence-electron chi connectivity index (χ0n) is 12.3. The summed E-state index contributed by atoms with van der Waals surface area (Å²) in [6.07, 6.45) is 5.76. The van der Waals surface area contributed by atoms with Crippen molar-refractivity contribution in [1.29, 1.82) is 0 Å². The molecule has 0 amide bonds. The van der Waals surface area contributed by atoms with Crippen molar-refractivity contribution in [1.82, 2.24) is 29.6 Å². The molecule has 3 rings (SSSR count). The van der Waals surface area contributed by atoms with Gasteiger partial charge >= 0.3 is 0 Å². The second kappa shape index (κ2) is 5.65. The minimum atomic E-state index is 0.223. The number of nitrogens with two attached hydrogens (primary N) is 1. The molecule has 1 fully saturated rings. The van der Waals surface area contributed by atoms with E-state index in [0.29, 0.717) is 17.9 Å². The van der Waals surface area contributed by atoms with Crippen molar-refractivity contribution in [2.24, 2.45) is 0 Å². The van der Waals surface area contributed by atoms with E-state index in [1.807, 2.05) is 6.07 Å². The summed E-state index contributed by atoms with van der Waals surface area (Å²) >= 11 is 0. The lowest BCUT2D eigenvalue weighted by molar-refractivity contribution is 0.371. The first kappa shape index (κ1) is 13.7. The maximum Gasteiger partial charge on any atom is 0.257 e. The average Bonchev–Trinajstić information content (AvgIpc) is 3.07. The number of aromatic nitrogens is 5. The Morgan fingerprint density at radius 1 is 1.29 bits per heavy atom. The van der Waals surface area contributed by atoms with E-state index in [4.69, 9.17) is 5.73 Å². The normalized spacial score (nSPS) is 18.6. The quantitative estimate of drug-likeness (QED) is 0.857. The van der Waals surface area contributed by atoms with Crippen molar-refractivity contribution < 1.29 is 0 Å². The van der Waals surface area contributed by atoms with Crippen LogP contribution in [0, 0.1) is 0 Å². The highest BCUT2D eigenvalue weighted by Crippen LogP contribution is 2.23. The predicted octanol–water partition coefficient (Wildman–Crippen LogP) is 0.170. The first-order valence-electron chi connectivity index (χ1n) is 7.06. The van der Waals surface area contributed by atoms with Gasteiger partial charge in [-0.25, -0.2) is 4.68 Å². The Labute approximate surface area is 123 Å². The molecule has 21 heavy (non-hydrogen) atoms. The molecule has 0 saturated carbocycles. The molecule has 8 heteroatoms. The SMILES string of the molecule is CN(C)CC1CCCN1c1nc(N)nc(-n2cccn2)n1. The molecule has 8 nitrogen and oxygen atoms in total. The molecule has 1 atom stereocenters. The van der Waals surface area contributed by atoms with Gasteiger partial charge in [-0.2, -0.15) is 20.1 Å². The molecule has 0 aliphatic carbocycles. The molecule has 0 radical (unpaired) electrons. The lowest BCUT2D eigenvalue weighted by Crippen LogP contribution is -2.38. The van der Waals surface area contributed by atoms with Crippen molar-refractivity contribution in [3.05, 3.63) is 18.5 Å². The van der Waals surface area contributed by atoms with Crippen molar-refractivity contribution in [2.45, 2.75) is 18.9 Å². The van der Waals surface area contributed by atoms with Crippen LogP contribution in [0.2, 0.25) is 0 Å². The van der Waals surface area contributed by atoms with E-state index in [2.05, 4.69) is 43.9 Å². The molecule has 2 N–H and O–H groups in total. The van der Waals surface area contributed by atoms with Gasteiger partial charge in [0.1, 0.15) is 0 Å². The Bertz CT molecular complexity index is 594. The van der Waals surface area contributed by atoms with E-state index >= 15 is 0 Å². The minimum Gasteiger partial charge on any atom is -0.368 e. The standard InChI is InChI=1S/C13H20N8/c1-19(2)9-10-5-3-7-20(10)12-16-11(14)17-13(18-12)21-8-4-6-15-21/h4,6,8,10H,3,5,7,9H2,1-2H3,(H2,14,16,17,18). The van der Waals surface area contributed by atoms with Gasteiger partial charge in [0.2, 0.25) is 11.9 Å².